The second-order valence-corrected chi connectivity index (χ2v) is 10.5. The monoisotopic (exact) mass is 597 g/mol. The Kier molecular flexibility index (Phi) is 13.6. The van der Waals surface area contributed by atoms with Gasteiger partial charge in [0, 0.05) is 19.8 Å². The maximum atomic E-state index is 13.0. The highest BCUT2D eigenvalue weighted by atomic mass is 16.4. The van der Waals surface area contributed by atoms with Crippen LogP contribution >= 0.6 is 0 Å². The number of nitrogens with one attached hydrogen (secondary N) is 5. The van der Waals surface area contributed by atoms with Crippen LogP contribution in [0.1, 0.15) is 38.3 Å². The Morgan fingerprint density at radius 3 is 1.79 bits per heavy atom. The third kappa shape index (κ3) is 13.1. The smallest absolute Gasteiger partial charge is 0.326 e. The van der Waals surface area contributed by atoms with Crippen LogP contribution in [-0.4, -0.2) is 76.9 Å². The first-order chi connectivity index (χ1) is 20.3. The lowest BCUT2D eigenvalue weighted by Crippen LogP contribution is -2.54. The zero-order chi connectivity index (χ0) is 31.9. The summed E-state index contributed by atoms with van der Waals surface area (Å²) in [6.07, 6.45) is 0.398. The van der Waals surface area contributed by atoms with Crippen molar-refractivity contribution in [2.75, 3.05) is 13.1 Å². The van der Waals surface area contributed by atoms with E-state index >= 15 is 0 Å². The van der Waals surface area contributed by atoms with Gasteiger partial charge in [-0.3, -0.25) is 24.0 Å². The Morgan fingerprint density at radius 1 is 0.674 bits per heavy atom. The van der Waals surface area contributed by atoms with E-state index in [0.29, 0.717) is 5.56 Å². The number of rotatable bonds is 16. The van der Waals surface area contributed by atoms with Gasteiger partial charge in [-0.05, 0) is 35.6 Å². The lowest BCUT2D eigenvalue weighted by molar-refractivity contribution is -0.142. The summed E-state index contributed by atoms with van der Waals surface area (Å²) in [5.74, 6) is -4.29. The van der Waals surface area contributed by atoms with Crippen LogP contribution in [0.25, 0.3) is 0 Å². The van der Waals surface area contributed by atoms with E-state index in [1.807, 2.05) is 13.8 Å². The minimum absolute atomic E-state index is 0.000555. The first kappa shape index (κ1) is 34.3. The molecule has 0 saturated carbocycles. The van der Waals surface area contributed by atoms with E-state index in [-0.39, 0.29) is 30.9 Å². The average molecular weight is 598 g/mol. The number of amides is 5. The van der Waals surface area contributed by atoms with Gasteiger partial charge in [0.15, 0.2) is 0 Å². The van der Waals surface area contributed by atoms with Gasteiger partial charge in [0.25, 0.3) is 0 Å². The Bertz CT molecular complexity index is 1270. The van der Waals surface area contributed by atoms with E-state index in [1.54, 1.807) is 42.5 Å². The largest absolute Gasteiger partial charge is 0.508 e. The summed E-state index contributed by atoms with van der Waals surface area (Å²) in [5, 5.41) is 31.3. The molecule has 0 radical (unpaired) electrons. The van der Waals surface area contributed by atoms with E-state index in [2.05, 4.69) is 26.6 Å². The van der Waals surface area contributed by atoms with Crippen molar-refractivity contribution >= 4 is 35.5 Å². The molecule has 3 atom stereocenters. The predicted octanol–water partition coefficient (Wildman–Crippen LogP) is 0.0148. The molecule has 3 unspecified atom stereocenters. The van der Waals surface area contributed by atoms with Crippen molar-refractivity contribution < 1.29 is 39.0 Å². The summed E-state index contributed by atoms with van der Waals surface area (Å²) < 4.78 is 0. The van der Waals surface area contributed by atoms with Crippen LogP contribution in [0.2, 0.25) is 0 Å². The van der Waals surface area contributed by atoms with Crippen molar-refractivity contribution in [2.24, 2.45) is 5.92 Å². The van der Waals surface area contributed by atoms with Gasteiger partial charge in [-0.25, -0.2) is 4.79 Å². The second kappa shape index (κ2) is 17.1. The molecule has 2 aromatic carbocycles. The van der Waals surface area contributed by atoms with Gasteiger partial charge in [-0.15, -0.1) is 0 Å². The summed E-state index contributed by atoms with van der Waals surface area (Å²) in [4.78, 5) is 74.0. The van der Waals surface area contributed by atoms with E-state index in [1.165, 1.54) is 19.1 Å². The lowest BCUT2D eigenvalue weighted by atomic mass is 10.0. The molecule has 2 rings (SSSR count). The summed E-state index contributed by atoms with van der Waals surface area (Å²) in [6, 6.07) is 11.7. The zero-order valence-corrected chi connectivity index (χ0v) is 24.4. The molecule has 0 spiro atoms. The second-order valence-electron chi connectivity index (χ2n) is 10.5. The van der Waals surface area contributed by atoms with Crippen LogP contribution in [0, 0.1) is 5.92 Å². The zero-order valence-electron chi connectivity index (χ0n) is 24.4. The molecule has 0 saturated heterocycles. The van der Waals surface area contributed by atoms with Crippen LogP contribution in [0.3, 0.4) is 0 Å². The number of phenolic OH excluding ortho intramolecular Hbond substituents is 1. The molecule has 13 heteroatoms. The minimum Gasteiger partial charge on any atom is -0.508 e. The number of carbonyl (C=O) groups is 6. The highest BCUT2D eigenvalue weighted by molar-refractivity contribution is 5.93. The van der Waals surface area contributed by atoms with Crippen LogP contribution in [0.15, 0.2) is 54.6 Å². The maximum absolute atomic E-state index is 13.0. The molecule has 5 amide bonds. The molecule has 0 aliphatic heterocycles. The van der Waals surface area contributed by atoms with Crippen LogP contribution in [0.4, 0.5) is 0 Å². The number of phenols is 1. The van der Waals surface area contributed by atoms with Crippen molar-refractivity contribution in [1.29, 1.82) is 0 Å². The highest BCUT2D eigenvalue weighted by Gasteiger charge is 2.27. The number of benzene rings is 2. The van der Waals surface area contributed by atoms with Crippen molar-refractivity contribution in [3.63, 3.8) is 0 Å². The molecule has 0 aliphatic rings. The number of aromatic hydroxyl groups is 1. The molecule has 0 aliphatic carbocycles. The van der Waals surface area contributed by atoms with E-state index < -0.39 is 66.7 Å². The Hall–Kier alpha value is -4.94. The fourth-order valence-electron chi connectivity index (χ4n) is 4.12. The van der Waals surface area contributed by atoms with Crippen LogP contribution in [-0.2, 0) is 41.6 Å². The molecule has 2 aromatic rings. The summed E-state index contributed by atoms with van der Waals surface area (Å²) in [5.41, 5.74) is 1.40. The van der Waals surface area contributed by atoms with Gasteiger partial charge < -0.3 is 36.8 Å². The summed E-state index contributed by atoms with van der Waals surface area (Å²) in [6.45, 7) is 3.91. The molecule has 13 nitrogen and oxygen atoms in total. The van der Waals surface area contributed by atoms with Crippen LogP contribution in [0.5, 0.6) is 5.75 Å². The van der Waals surface area contributed by atoms with Crippen molar-refractivity contribution in [3.05, 3.63) is 65.7 Å². The Labute approximate surface area is 249 Å². The average Bonchev–Trinajstić information content (AvgIpc) is 2.94. The summed E-state index contributed by atoms with van der Waals surface area (Å²) in [7, 11) is 0. The Morgan fingerprint density at radius 2 is 1.23 bits per heavy atom. The first-order valence-corrected chi connectivity index (χ1v) is 13.8. The number of aliphatic carboxylic acids is 1. The van der Waals surface area contributed by atoms with Gasteiger partial charge in [0.1, 0.15) is 23.9 Å². The fourth-order valence-corrected chi connectivity index (χ4v) is 4.12. The third-order valence-electron chi connectivity index (χ3n) is 6.20. The normalized spacial score (nSPS) is 12.7. The standard InChI is InChI=1S/C30H39N5O8/c1-18(2)13-25(30(42)43)35-29(41)24(14-20-7-5-4-6-8-20)34-27(39)17-31-26(38)16-32-28(40)23(33-19(3)36)15-21-9-11-22(37)12-10-21/h4-12,18,23-25,37H,13-17H2,1-3H3,(H,31,38)(H,32,40)(H,33,36)(H,34,39)(H,35,41)(H,42,43). The predicted molar refractivity (Wildman–Crippen MR) is 157 cm³/mol. The van der Waals surface area contributed by atoms with Crippen molar-refractivity contribution in [3.8, 4) is 5.75 Å². The molecular formula is C30H39N5O8. The van der Waals surface area contributed by atoms with E-state index in [0.717, 1.165) is 5.56 Å². The first-order valence-electron chi connectivity index (χ1n) is 13.8. The number of carbonyl (C=O) groups excluding carboxylic acids is 5. The van der Waals surface area contributed by atoms with Gasteiger partial charge >= 0.3 is 5.97 Å². The SMILES string of the molecule is CC(=O)NC(Cc1ccc(O)cc1)C(=O)NCC(=O)NCC(=O)NC(Cc1ccccc1)C(=O)NC(CC(C)C)C(=O)O. The Balaban J connectivity index is 1.95. The quantitative estimate of drug-likeness (QED) is 0.140. The molecule has 0 heterocycles. The molecular weight excluding hydrogens is 558 g/mol. The molecule has 0 aromatic heterocycles. The van der Waals surface area contributed by atoms with Crippen molar-refractivity contribution in [1.82, 2.24) is 26.6 Å². The lowest BCUT2D eigenvalue weighted by Gasteiger charge is -2.22. The van der Waals surface area contributed by atoms with Crippen molar-refractivity contribution in [2.45, 2.75) is 58.2 Å². The van der Waals surface area contributed by atoms with E-state index in [9.17, 15) is 39.0 Å². The van der Waals surface area contributed by atoms with Gasteiger partial charge in [-0.1, -0.05) is 56.3 Å². The number of hydrogen-bond acceptors (Lipinski definition) is 7. The molecule has 43 heavy (non-hydrogen) atoms. The topological polar surface area (TPSA) is 203 Å². The van der Waals surface area contributed by atoms with Gasteiger partial charge in [0.2, 0.25) is 29.5 Å². The number of hydrogen-bond donors (Lipinski definition) is 7. The van der Waals surface area contributed by atoms with E-state index in [4.69, 9.17) is 0 Å². The highest BCUT2D eigenvalue weighted by Crippen LogP contribution is 2.12. The third-order valence-corrected chi connectivity index (χ3v) is 6.20. The number of carboxylic acid groups (broad SMARTS) is 1. The van der Waals surface area contributed by atoms with Gasteiger partial charge in [0.05, 0.1) is 13.1 Å². The summed E-state index contributed by atoms with van der Waals surface area (Å²) >= 11 is 0. The maximum Gasteiger partial charge on any atom is 0.326 e. The van der Waals surface area contributed by atoms with Crippen LogP contribution < -0.4 is 26.6 Å². The molecule has 232 valence electrons. The molecule has 0 fully saturated rings. The number of carboxylic acids is 1. The molecule has 7 N–H and O–H groups in total. The fraction of sp³-hybridized carbons (Fsp3) is 0.400. The minimum atomic E-state index is -1.19. The van der Waals surface area contributed by atoms with Gasteiger partial charge in [-0.2, -0.15) is 0 Å². The molecule has 0 bridgehead atoms.